The highest BCUT2D eigenvalue weighted by Crippen LogP contribution is 2.78. The summed E-state index contributed by atoms with van der Waals surface area (Å²) in [6.45, 7) is 19.7. The third kappa shape index (κ3) is 3.41. The lowest BCUT2D eigenvalue weighted by Crippen LogP contribution is -2.69. The molecule has 5 aliphatic carbocycles. The fourth-order valence-electron chi connectivity index (χ4n) is 11.4. The standard InChI is InChI=1S/C32H52O3/c1-21-9-10-23(34)26-29(6)16-18-31(8)25-19-27(3,4)13-14-28(25,5)15-17-30(31,7)24(29)11-12-32(21,26)20-35-22(2)33/h21,24-26H,9-20H2,1-8H3. The minimum atomic E-state index is -0.203. The molecule has 0 N–H and O–H groups in total. The maximum absolute atomic E-state index is 13.9. The van der Waals surface area contributed by atoms with Gasteiger partial charge in [0.15, 0.2) is 0 Å². The van der Waals surface area contributed by atoms with Crippen LogP contribution in [0.1, 0.15) is 126 Å². The summed E-state index contributed by atoms with van der Waals surface area (Å²) in [4.78, 5) is 25.8. The smallest absolute Gasteiger partial charge is 0.302 e. The van der Waals surface area contributed by atoms with Crippen molar-refractivity contribution in [1.82, 2.24) is 0 Å². The Bertz CT molecular complexity index is 906. The maximum atomic E-state index is 13.9. The Balaban J connectivity index is 1.56. The van der Waals surface area contributed by atoms with Gasteiger partial charge < -0.3 is 4.74 Å². The van der Waals surface area contributed by atoms with Crippen molar-refractivity contribution < 1.29 is 14.3 Å². The number of rotatable bonds is 2. The summed E-state index contributed by atoms with van der Waals surface area (Å²) in [5, 5.41) is 0. The van der Waals surface area contributed by atoms with E-state index in [0.717, 1.165) is 25.2 Å². The van der Waals surface area contributed by atoms with Crippen LogP contribution in [0.3, 0.4) is 0 Å². The van der Waals surface area contributed by atoms with Gasteiger partial charge in [-0.2, -0.15) is 0 Å². The molecule has 0 spiro atoms. The van der Waals surface area contributed by atoms with Gasteiger partial charge in [-0.15, -0.1) is 0 Å². The number of hydrogen-bond donors (Lipinski definition) is 0. The number of esters is 1. The van der Waals surface area contributed by atoms with Crippen LogP contribution < -0.4 is 0 Å². The van der Waals surface area contributed by atoms with E-state index in [4.69, 9.17) is 4.74 Å². The SMILES string of the molecule is CC(=O)OCC12CCC3C(C)(CCC4(C)C5CC(C)(C)CCC5(C)CCC34C)C1C(=O)CCC2C. The lowest BCUT2D eigenvalue weighted by molar-refractivity contribution is -0.259. The van der Waals surface area contributed by atoms with E-state index in [0.29, 0.717) is 46.9 Å². The van der Waals surface area contributed by atoms with Crippen LogP contribution in [0.5, 0.6) is 0 Å². The monoisotopic (exact) mass is 484 g/mol. The van der Waals surface area contributed by atoms with Crippen molar-refractivity contribution in [2.45, 2.75) is 126 Å². The van der Waals surface area contributed by atoms with Crippen LogP contribution in [0.2, 0.25) is 0 Å². The van der Waals surface area contributed by atoms with Gasteiger partial charge in [0.05, 0.1) is 6.61 Å². The molecule has 0 aromatic heterocycles. The molecule has 0 bridgehead atoms. The van der Waals surface area contributed by atoms with Crippen LogP contribution in [0.15, 0.2) is 0 Å². The summed E-state index contributed by atoms with van der Waals surface area (Å²) < 4.78 is 5.75. The van der Waals surface area contributed by atoms with E-state index in [-0.39, 0.29) is 28.1 Å². The molecule has 3 heteroatoms. The topological polar surface area (TPSA) is 43.4 Å². The van der Waals surface area contributed by atoms with Crippen molar-refractivity contribution in [3.8, 4) is 0 Å². The Morgan fingerprint density at radius 1 is 0.857 bits per heavy atom. The third-order valence-electron chi connectivity index (χ3n) is 13.8. The second-order valence-electron chi connectivity index (χ2n) is 15.9. The zero-order valence-corrected chi connectivity index (χ0v) is 24.0. The van der Waals surface area contributed by atoms with Gasteiger partial charge in [0, 0.05) is 24.7 Å². The first-order chi connectivity index (χ1) is 16.1. The summed E-state index contributed by atoms with van der Waals surface area (Å²) in [6.07, 6.45) is 13.0. The molecule has 0 amide bonds. The van der Waals surface area contributed by atoms with Gasteiger partial charge in [0.1, 0.15) is 5.78 Å². The van der Waals surface area contributed by atoms with Crippen LogP contribution in [0.25, 0.3) is 0 Å². The number of hydrogen-bond acceptors (Lipinski definition) is 3. The quantitative estimate of drug-likeness (QED) is 0.373. The van der Waals surface area contributed by atoms with E-state index in [1.807, 2.05) is 0 Å². The van der Waals surface area contributed by atoms with Crippen LogP contribution in [0, 0.1) is 56.2 Å². The molecule has 5 aliphatic rings. The largest absolute Gasteiger partial charge is 0.465 e. The number of ether oxygens (including phenoxy) is 1. The Morgan fingerprint density at radius 2 is 1.49 bits per heavy atom. The highest BCUT2D eigenvalue weighted by molar-refractivity contribution is 5.84. The molecule has 9 unspecified atom stereocenters. The predicted octanol–water partition coefficient (Wildman–Crippen LogP) is 8.00. The molecule has 0 aromatic rings. The Hall–Kier alpha value is -0.860. The summed E-state index contributed by atoms with van der Waals surface area (Å²) in [5.41, 5.74) is 1.35. The van der Waals surface area contributed by atoms with Crippen molar-refractivity contribution in [3.63, 3.8) is 0 Å². The highest BCUT2D eigenvalue weighted by atomic mass is 16.5. The van der Waals surface area contributed by atoms with Gasteiger partial charge >= 0.3 is 5.97 Å². The molecule has 5 fully saturated rings. The van der Waals surface area contributed by atoms with Gasteiger partial charge in [-0.05, 0) is 109 Å². The van der Waals surface area contributed by atoms with Gasteiger partial charge in [-0.1, -0.05) is 48.5 Å². The molecule has 9 atom stereocenters. The molecule has 5 saturated carbocycles. The number of fused-ring (bicyclic) bond motifs is 7. The van der Waals surface area contributed by atoms with Crippen molar-refractivity contribution >= 4 is 11.8 Å². The van der Waals surface area contributed by atoms with Crippen LogP contribution in [-0.2, 0) is 14.3 Å². The van der Waals surface area contributed by atoms with Crippen molar-refractivity contribution in [2.24, 2.45) is 56.2 Å². The Morgan fingerprint density at radius 3 is 2.17 bits per heavy atom. The molecule has 0 aromatic carbocycles. The number of Topliss-reactive ketones (excluding diaryl/α,β-unsaturated/α-hetero) is 1. The zero-order chi connectivity index (χ0) is 25.7. The first kappa shape index (κ1) is 25.8. The van der Waals surface area contributed by atoms with Gasteiger partial charge in [-0.25, -0.2) is 0 Å². The second kappa shape index (κ2) is 7.83. The van der Waals surface area contributed by atoms with Crippen molar-refractivity contribution in [1.29, 1.82) is 0 Å². The fourth-order valence-corrected chi connectivity index (χ4v) is 11.4. The van der Waals surface area contributed by atoms with E-state index in [9.17, 15) is 9.59 Å². The minimum absolute atomic E-state index is 0.0103. The fraction of sp³-hybridized carbons (Fsp3) is 0.938. The molecular formula is C32H52O3. The summed E-state index contributed by atoms with van der Waals surface area (Å²) in [7, 11) is 0. The Kier molecular flexibility index (Phi) is 5.76. The van der Waals surface area contributed by atoms with Crippen molar-refractivity contribution in [3.05, 3.63) is 0 Å². The van der Waals surface area contributed by atoms with Crippen LogP contribution in [-0.4, -0.2) is 18.4 Å². The molecule has 198 valence electrons. The summed E-state index contributed by atoms with van der Waals surface area (Å²) >= 11 is 0. The average Bonchev–Trinajstić information content (AvgIpc) is 2.78. The normalized spacial score (nSPS) is 53.0. The molecule has 0 saturated heterocycles. The lowest BCUT2D eigenvalue weighted by Gasteiger charge is -2.74. The summed E-state index contributed by atoms with van der Waals surface area (Å²) in [6, 6.07) is 0. The van der Waals surface area contributed by atoms with E-state index in [1.54, 1.807) is 0 Å². The molecule has 0 radical (unpaired) electrons. The molecular weight excluding hydrogens is 432 g/mol. The average molecular weight is 485 g/mol. The van der Waals surface area contributed by atoms with Crippen LogP contribution in [0.4, 0.5) is 0 Å². The number of carbonyl (C=O) groups excluding carboxylic acids is 2. The number of ketones is 1. The second-order valence-corrected chi connectivity index (χ2v) is 15.9. The molecule has 35 heavy (non-hydrogen) atoms. The van der Waals surface area contributed by atoms with Gasteiger partial charge in [-0.3, -0.25) is 9.59 Å². The van der Waals surface area contributed by atoms with E-state index in [2.05, 4.69) is 48.5 Å². The van der Waals surface area contributed by atoms with Crippen LogP contribution >= 0.6 is 0 Å². The highest BCUT2D eigenvalue weighted by Gasteiger charge is 2.72. The van der Waals surface area contributed by atoms with E-state index >= 15 is 0 Å². The van der Waals surface area contributed by atoms with Gasteiger partial charge in [0.25, 0.3) is 0 Å². The maximum Gasteiger partial charge on any atom is 0.302 e. The van der Waals surface area contributed by atoms with Crippen molar-refractivity contribution in [2.75, 3.05) is 6.61 Å². The zero-order valence-electron chi connectivity index (χ0n) is 24.0. The van der Waals surface area contributed by atoms with E-state index in [1.165, 1.54) is 51.9 Å². The van der Waals surface area contributed by atoms with Gasteiger partial charge in [0.2, 0.25) is 0 Å². The lowest BCUT2D eigenvalue weighted by atomic mass is 9.30. The molecule has 5 rings (SSSR count). The molecule has 0 aliphatic heterocycles. The summed E-state index contributed by atoms with van der Waals surface area (Å²) in [5.74, 6) is 2.08. The number of carbonyl (C=O) groups is 2. The molecule has 0 heterocycles. The molecule has 3 nitrogen and oxygen atoms in total. The predicted molar refractivity (Wildman–Crippen MR) is 141 cm³/mol. The van der Waals surface area contributed by atoms with E-state index < -0.39 is 0 Å². The Labute approximate surface area is 214 Å². The first-order valence-corrected chi connectivity index (χ1v) is 14.8. The first-order valence-electron chi connectivity index (χ1n) is 14.8. The minimum Gasteiger partial charge on any atom is -0.465 e. The third-order valence-corrected chi connectivity index (χ3v) is 13.8.